The molecule has 74 valence electrons. The maximum Gasteiger partial charge on any atom is 0.0693 e. The van der Waals surface area contributed by atoms with E-state index < -0.39 is 0 Å². The summed E-state index contributed by atoms with van der Waals surface area (Å²) in [6.45, 7) is 6.33. The van der Waals surface area contributed by atoms with E-state index in [4.69, 9.17) is 5.26 Å². The monoisotopic (exact) mass is 180 g/mol. The number of likely N-dealkylation sites (tertiary alicyclic amines) is 1. The highest BCUT2D eigenvalue weighted by Gasteiger charge is 2.51. The molecule has 2 fully saturated rings. The van der Waals surface area contributed by atoms with Crippen molar-refractivity contribution < 1.29 is 0 Å². The standard InChI is InChI=1S/C9H14N2.C2H6/c1-11-5-2-8(6-11)9(7-10)3-4-9;1-2/h8H,2-6H2,1H3;1-2H3. The molecule has 0 bridgehead atoms. The molecule has 0 aromatic carbocycles. The highest BCUT2D eigenvalue weighted by molar-refractivity contribution is 5.14. The second kappa shape index (κ2) is 4.11. The van der Waals surface area contributed by atoms with Gasteiger partial charge >= 0.3 is 0 Å². The molecule has 1 heterocycles. The predicted molar refractivity (Wildman–Crippen MR) is 54.2 cm³/mol. The Kier molecular flexibility index (Phi) is 3.33. The zero-order chi connectivity index (χ0) is 9.90. The second-order valence-corrected chi connectivity index (χ2v) is 4.02. The molecule has 2 nitrogen and oxygen atoms in total. The number of hydrogen-bond donors (Lipinski definition) is 0. The van der Waals surface area contributed by atoms with Gasteiger partial charge in [0.2, 0.25) is 0 Å². The van der Waals surface area contributed by atoms with Gasteiger partial charge in [-0.2, -0.15) is 5.26 Å². The van der Waals surface area contributed by atoms with Crippen molar-refractivity contribution in [1.29, 1.82) is 5.26 Å². The number of nitriles is 1. The first-order chi connectivity index (χ1) is 6.27. The summed E-state index contributed by atoms with van der Waals surface area (Å²) < 4.78 is 0. The van der Waals surface area contributed by atoms with Gasteiger partial charge in [0.1, 0.15) is 0 Å². The van der Waals surface area contributed by atoms with E-state index in [2.05, 4.69) is 18.0 Å². The number of nitrogens with zero attached hydrogens (tertiary/aromatic N) is 2. The van der Waals surface area contributed by atoms with E-state index in [1.807, 2.05) is 13.8 Å². The van der Waals surface area contributed by atoms with Crippen LogP contribution in [-0.2, 0) is 0 Å². The topological polar surface area (TPSA) is 27.0 Å². The van der Waals surface area contributed by atoms with Crippen molar-refractivity contribution in [2.24, 2.45) is 11.3 Å². The van der Waals surface area contributed by atoms with E-state index in [1.165, 1.54) is 13.0 Å². The largest absolute Gasteiger partial charge is 0.306 e. The lowest BCUT2D eigenvalue weighted by atomic mass is 9.90. The molecule has 1 aliphatic heterocycles. The molecule has 2 heteroatoms. The molecule has 2 rings (SSSR count). The van der Waals surface area contributed by atoms with Gasteiger partial charge in [0.15, 0.2) is 0 Å². The van der Waals surface area contributed by atoms with Crippen LogP contribution in [0.4, 0.5) is 0 Å². The lowest BCUT2D eigenvalue weighted by Crippen LogP contribution is -2.19. The van der Waals surface area contributed by atoms with Gasteiger partial charge in [-0.05, 0) is 38.8 Å². The van der Waals surface area contributed by atoms with Gasteiger partial charge in [-0.1, -0.05) is 13.8 Å². The first-order valence-electron chi connectivity index (χ1n) is 5.37. The molecule has 0 radical (unpaired) electrons. The number of hydrogen-bond acceptors (Lipinski definition) is 2. The SMILES string of the molecule is CC.CN1CCC(C2(C#N)CC2)C1. The first kappa shape index (κ1) is 10.5. The van der Waals surface area contributed by atoms with Crippen molar-refractivity contribution in [3.8, 4) is 6.07 Å². The fourth-order valence-corrected chi connectivity index (χ4v) is 2.13. The fraction of sp³-hybridized carbons (Fsp3) is 0.909. The Morgan fingerprint density at radius 2 is 2.00 bits per heavy atom. The van der Waals surface area contributed by atoms with E-state index in [0.717, 1.165) is 19.4 Å². The molecule has 13 heavy (non-hydrogen) atoms. The minimum absolute atomic E-state index is 0.116. The first-order valence-corrected chi connectivity index (χ1v) is 5.37. The molecule has 1 aliphatic carbocycles. The normalized spacial score (nSPS) is 30.2. The Labute approximate surface area is 81.5 Å². The van der Waals surface area contributed by atoms with Crippen LogP contribution in [-0.4, -0.2) is 25.0 Å². The molecular formula is C11H20N2. The molecule has 0 aromatic heterocycles. The third-order valence-electron chi connectivity index (χ3n) is 3.18. The third kappa shape index (κ3) is 2.03. The van der Waals surface area contributed by atoms with E-state index in [0.29, 0.717) is 5.92 Å². The van der Waals surface area contributed by atoms with Crippen LogP contribution in [0.15, 0.2) is 0 Å². The molecule has 0 amide bonds. The quantitative estimate of drug-likeness (QED) is 0.619. The van der Waals surface area contributed by atoms with Crippen LogP contribution in [0.5, 0.6) is 0 Å². The summed E-state index contributed by atoms with van der Waals surface area (Å²) in [4.78, 5) is 2.34. The molecule has 0 N–H and O–H groups in total. The van der Waals surface area contributed by atoms with Gasteiger partial charge in [-0.15, -0.1) is 0 Å². The van der Waals surface area contributed by atoms with Crippen LogP contribution >= 0.6 is 0 Å². The van der Waals surface area contributed by atoms with Crippen LogP contribution in [0.25, 0.3) is 0 Å². The molecule has 1 saturated heterocycles. The summed E-state index contributed by atoms with van der Waals surface area (Å²) in [5.74, 6) is 0.678. The molecular weight excluding hydrogens is 160 g/mol. The van der Waals surface area contributed by atoms with Crippen LogP contribution in [0.3, 0.4) is 0 Å². The lowest BCUT2D eigenvalue weighted by molar-refractivity contribution is 0.350. The van der Waals surface area contributed by atoms with Crippen molar-refractivity contribution in [2.75, 3.05) is 20.1 Å². The Balaban J connectivity index is 0.000000396. The third-order valence-corrected chi connectivity index (χ3v) is 3.18. The summed E-state index contributed by atoms with van der Waals surface area (Å²) in [5.41, 5.74) is 0.116. The van der Waals surface area contributed by atoms with Gasteiger partial charge in [0.05, 0.1) is 11.5 Å². The average molecular weight is 180 g/mol. The van der Waals surface area contributed by atoms with Crippen LogP contribution < -0.4 is 0 Å². The summed E-state index contributed by atoms with van der Waals surface area (Å²) in [6, 6.07) is 2.49. The van der Waals surface area contributed by atoms with Crippen molar-refractivity contribution >= 4 is 0 Å². The second-order valence-electron chi connectivity index (χ2n) is 4.02. The minimum atomic E-state index is 0.116. The predicted octanol–water partition coefficient (Wildman–Crippen LogP) is 2.27. The van der Waals surface area contributed by atoms with Gasteiger partial charge < -0.3 is 4.90 Å². The minimum Gasteiger partial charge on any atom is -0.306 e. The Morgan fingerprint density at radius 3 is 2.31 bits per heavy atom. The van der Waals surface area contributed by atoms with E-state index in [-0.39, 0.29) is 5.41 Å². The zero-order valence-corrected chi connectivity index (χ0v) is 9.01. The lowest BCUT2D eigenvalue weighted by Gasteiger charge is -2.14. The van der Waals surface area contributed by atoms with Gasteiger partial charge in [-0.3, -0.25) is 0 Å². The molecule has 0 aromatic rings. The van der Waals surface area contributed by atoms with Crippen molar-refractivity contribution in [3.63, 3.8) is 0 Å². The van der Waals surface area contributed by atoms with Gasteiger partial charge in [-0.25, -0.2) is 0 Å². The molecule has 2 aliphatic rings. The van der Waals surface area contributed by atoms with E-state index in [1.54, 1.807) is 0 Å². The molecule has 1 atom stereocenters. The summed E-state index contributed by atoms with van der Waals surface area (Å²) in [6.07, 6.45) is 3.55. The van der Waals surface area contributed by atoms with Crippen molar-refractivity contribution in [2.45, 2.75) is 33.1 Å². The van der Waals surface area contributed by atoms with Crippen LogP contribution in [0.1, 0.15) is 33.1 Å². The Morgan fingerprint density at radius 1 is 1.38 bits per heavy atom. The van der Waals surface area contributed by atoms with E-state index in [9.17, 15) is 0 Å². The van der Waals surface area contributed by atoms with Crippen molar-refractivity contribution in [3.05, 3.63) is 0 Å². The fourth-order valence-electron chi connectivity index (χ4n) is 2.13. The van der Waals surface area contributed by atoms with Gasteiger partial charge in [0.25, 0.3) is 0 Å². The van der Waals surface area contributed by atoms with E-state index >= 15 is 0 Å². The molecule has 0 spiro atoms. The summed E-state index contributed by atoms with van der Waals surface area (Å²) in [5, 5.41) is 8.93. The highest BCUT2D eigenvalue weighted by atomic mass is 15.1. The zero-order valence-electron chi connectivity index (χ0n) is 9.01. The molecule has 1 saturated carbocycles. The molecule has 1 unspecified atom stereocenters. The Bertz CT molecular complexity index is 201. The average Bonchev–Trinajstić information content (AvgIpc) is 2.87. The van der Waals surface area contributed by atoms with Crippen LogP contribution in [0, 0.1) is 22.7 Å². The Hall–Kier alpha value is -0.550. The van der Waals surface area contributed by atoms with Crippen LogP contribution in [0.2, 0.25) is 0 Å². The maximum atomic E-state index is 8.93. The maximum absolute atomic E-state index is 8.93. The number of rotatable bonds is 1. The van der Waals surface area contributed by atoms with Crippen molar-refractivity contribution in [1.82, 2.24) is 4.90 Å². The smallest absolute Gasteiger partial charge is 0.0693 e. The summed E-state index contributed by atoms with van der Waals surface area (Å²) >= 11 is 0. The van der Waals surface area contributed by atoms with Gasteiger partial charge in [0, 0.05) is 6.54 Å². The highest BCUT2D eigenvalue weighted by Crippen LogP contribution is 2.53. The summed E-state index contributed by atoms with van der Waals surface area (Å²) in [7, 11) is 2.15.